The van der Waals surface area contributed by atoms with Gasteiger partial charge in [-0.05, 0) is 23.8 Å². The van der Waals surface area contributed by atoms with Crippen LogP contribution in [0.25, 0.3) is 11.5 Å². The number of rotatable bonds is 4. The Morgan fingerprint density at radius 2 is 1.96 bits per heavy atom. The van der Waals surface area contributed by atoms with E-state index in [4.69, 9.17) is 4.42 Å². The SMILES string of the molecule is O=C1C[C@H](c2ccccc2)CN1Cc1nnc(-c2cccc(F)c2)o1. The third-order valence-corrected chi connectivity index (χ3v) is 4.35. The molecule has 2 heterocycles. The predicted octanol–water partition coefficient (Wildman–Crippen LogP) is 3.39. The number of nitrogens with zero attached hydrogens (tertiary/aromatic N) is 3. The van der Waals surface area contributed by atoms with E-state index in [1.54, 1.807) is 17.0 Å². The van der Waals surface area contributed by atoms with Crippen molar-refractivity contribution >= 4 is 5.91 Å². The Morgan fingerprint density at radius 1 is 1.12 bits per heavy atom. The molecule has 1 amide bonds. The molecular weight excluding hydrogens is 321 g/mol. The predicted molar refractivity (Wildman–Crippen MR) is 88.9 cm³/mol. The number of carbonyl (C=O) groups excluding carboxylic acids is 1. The molecule has 1 saturated heterocycles. The van der Waals surface area contributed by atoms with E-state index in [2.05, 4.69) is 10.2 Å². The van der Waals surface area contributed by atoms with Gasteiger partial charge in [0.05, 0.1) is 6.54 Å². The second-order valence-corrected chi connectivity index (χ2v) is 6.10. The maximum absolute atomic E-state index is 13.3. The van der Waals surface area contributed by atoms with Crippen LogP contribution in [0, 0.1) is 5.82 Å². The van der Waals surface area contributed by atoms with Crippen molar-refractivity contribution < 1.29 is 13.6 Å². The molecule has 0 spiro atoms. The zero-order chi connectivity index (χ0) is 17.2. The van der Waals surface area contributed by atoms with Gasteiger partial charge in [-0.25, -0.2) is 4.39 Å². The molecule has 0 bridgehead atoms. The van der Waals surface area contributed by atoms with Gasteiger partial charge in [0, 0.05) is 24.4 Å². The Hall–Kier alpha value is -3.02. The van der Waals surface area contributed by atoms with Gasteiger partial charge in [-0.3, -0.25) is 4.79 Å². The van der Waals surface area contributed by atoms with E-state index in [1.807, 2.05) is 30.3 Å². The van der Waals surface area contributed by atoms with Gasteiger partial charge >= 0.3 is 0 Å². The molecule has 0 radical (unpaired) electrons. The van der Waals surface area contributed by atoms with E-state index in [0.29, 0.717) is 24.4 Å². The van der Waals surface area contributed by atoms with Crippen molar-refractivity contribution in [1.29, 1.82) is 0 Å². The number of hydrogen-bond donors (Lipinski definition) is 0. The van der Waals surface area contributed by atoms with Crippen molar-refractivity contribution in [3.63, 3.8) is 0 Å². The smallest absolute Gasteiger partial charge is 0.247 e. The second kappa shape index (κ2) is 6.47. The minimum atomic E-state index is -0.363. The van der Waals surface area contributed by atoms with Crippen LogP contribution < -0.4 is 0 Å². The Morgan fingerprint density at radius 3 is 2.76 bits per heavy atom. The summed E-state index contributed by atoms with van der Waals surface area (Å²) in [6.07, 6.45) is 0.481. The van der Waals surface area contributed by atoms with Crippen molar-refractivity contribution in [1.82, 2.24) is 15.1 Å². The molecule has 1 aliphatic heterocycles. The Bertz CT molecular complexity index is 894. The Balaban J connectivity index is 1.47. The zero-order valence-corrected chi connectivity index (χ0v) is 13.4. The summed E-state index contributed by atoms with van der Waals surface area (Å²) in [5.74, 6) is 0.485. The molecule has 0 aliphatic carbocycles. The third kappa shape index (κ3) is 3.28. The normalized spacial score (nSPS) is 17.2. The lowest BCUT2D eigenvalue weighted by Gasteiger charge is -2.14. The molecule has 4 rings (SSSR count). The lowest BCUT2D eigenvalue weighted by atomic mass is 9.99. The van der Waals surface area contributed by atoms with E-state index in [0.717, 1.165) is 5.56 Å². The minimum Gasteiger partial charge on any atom is -0.419 e. The molecule has 2 aromatic carbocycles. The van der Waals surface area contributed by atoms with Crippen molar-refractivity contribution in [3.05, 3.63) is 71.9 Å². The number of benzene rings is 2. The van der Waals surface area contributed by atoms with Crippen molar-refractivity contribution in [3.8, 4) is 11.5 Å². The topological polar surface area (TPSA) is 59.2 Å². The molecule has 6 heteroatoms. The maximum Gasteiger partial charge on any atom is 0.247 e. The summed E-state index contributed by atoms with van der Waals surface area (Å²) in [5.41, 5.74) is 1.68. The molecule has 1 fully saturated rings. The molecule has 25 heavy (non-hydrogen) atoms. The molecule has 5 nitrogen and oxygen atoms in total. The van der Waals surface area contributed by atoms with Gasteiger partial charge in [-0.15, -0.1) is 10.2 Å². The van der Waals surface area contributed by atoms with Crippen LogP contribution in [0.4, 0.5) is 4.39 Å². The van der Waals surface area contributed by atoms with Gasteiger partial charge in [0.25, 0.3) is 0 Å². The zero-order valence-electron chi connectivity index (χ0n) is 13.4. The summed E-state index contributed by atoms with van der Waals surface area (Å²) in [4.78, 5) is 14.0. The van der Waals surface area contributed by atoms with E-state index in [1.165, 1.54) is 12.1 Å². The average molecular weight is 337 g/mol. The van der Waals surface area contributed by atoms with Crippen LogP contribution in [-0.2, 0) is 11.3 Å². The largest absolute Gasteiger partial charge is 0.419 e. The van der Waals surface area contributed by atoms with E-state index in [9.17, 15) is 9.18 Å². The lowest BCUT2D eigenvalue weighted by molar-refractivity contribution is -0.128. The van der Waals surface area contributed by atoms with Crippen LogP contribution in [0.3, 0.4) is 0 Å². The summed E-state index contributed by atoms with van der Waals surface area (Å²) < 4.78 is 18.9. The number of aromatic nitrogens is 2. The van der Waals surface area contributed by atoms with Crippen molar-refractivity contribution in [2.45, 2.75) is 18.9 Å². The highest BCUT2D eigenvalue weighted by atomic mass is 19.1. The first kappa shape index (κ1) is 15.5. The number of hydrogen-bond acceptors (Lipinski definition) is 4. The highest BCUT2D eigenvalue weighted by Gasteiger charge is 2.31. The van der Waals surface area contributed by atoms with Gasteiger partial charge < -0.3 is 9.32 Å². The van der Waals surface area contributed by atoms with E-state index >= 15 is 0 Å². The van der Waals surface area contributed by atoms with Crippen LogP contribution in [0.5, 0.6) is 0 Å². The monoisotopic (exact) mass is 337 g/mol. The molecule has 1 atom stereocenters. The highest BCUT2D eigenvalue weighted by molar-refractivity contribution is 5.79. The standard InChI is InChI=1S/C19H16FN3O2/c20-16-8-4-7-14(9-16)19-22-21-17(25-19)12-23-11-15(10-18(23)24)13-5-2-1-3-6-13/h1-9,15H,10-12H2/t15-/m0/s1. The van der Waals surface area contributed by atoms with Crippen LogP contribution >= 0.6 is 0 Å². The van der Waals surface area contributed by atoms with Gasteiger partial charge in [0.2, 0.25) is 17.7 Å². The summed E-state index contributed by atoms with van der Waals surface area (Å²) in [6, 6.07) is 16.0. The van der Waals surface area contributed by atoms with Gasteiger partial charge in [-0.2, -0.15) is 0 Å². The average Bonchev–Trinajstić information content (AvgIpc) is 3.24. The first-order valence-electron chi connectivity index (χ1n) is 8.10. The Labute approximate surface area is 144 Å². The molecular formula is C19H16FN3O2. The molecule has 0 N–H and O–H groups in total. The molecule has 0 unspecified atom stereocenters. The van der Waals surface area contributed by atoms with E-state index in [-0.39, 0.29) is 30.1 Å². The van der Waals surface area contributed by atoms with Crippen LogP contribution in [0.1, 0.15) is 23.8 Å². The van der Waals surface area contributed by atoms with Gasteiger partial charge in [-0.1, -0.05) is 36.4 Å². The van der Waals surface area contributed by atoms with Crippen molar-refractivity contribution in [2.75, 3.05) is 6.54 Å². The summed E-state index contributed by atoms with van der Waals surface area (Å²) >= 11 is 0. The van der Waals surface area contributed by atoms with Crippen LogP contribution in [0.2, 0.25) is 0 Å². The number of carbonyl (C=O) groups is 1. The maximum atomic E-state index is 13.3. The minimum absolute atomic E-state index is 0.0689. The number of likely N-dealkylation sites (tertiary alicyclic amines) is 1. The Kier molecular flexibility index (Phi) is 4.01. The fraction of sp³-hybridized carbons (Fsp3) is 0.211. The second-order valence-electron chi connectivity index (χ2n) is 6.10. The van der Waals surface area contributed by atoms with Gasteiger partial charge in [0.1, 0.15) is 5.82 Å². The summed E-state index contributed by atoms with van der Waals surface area (Å²) in [6.45, 7) is 0.894. The van der Waals surface area contributed by atoms with E-state index < -0.39 is 0 Å². The first-order valence-corrected chi connectivity index (χ1v) is 8.10. The van der Waals surface area contributed by atoms with Crippen molar-refractivity contribution in [2.24, 2.45) is 0 Å². The fourth-order valence-corrected chi connectivity index (χ4v) is 3.09. The van der Waals surface area contributed by atoms with Gasteiger partial charge in [0.15, 0.2) is 0 Å². The molecule has 1 aliphatic rings. The summed E-state index contributed by atoms with van der Waals surface area (Å²) in [7, 11) is 0. The molecule has 1 aromatic heterocycles. The fourth-order valence-electron chi connectivity index (χ4n) is 3.09. The lowest BCUT2D eigenvalue weighted by Crippen LogP contribution is -2.24. The molecule has 3 aromatic rings. The number of halogens is 1. The summed E-state index contributed by atoms with van der Waals surface area (Å²) in [5, 5.41) is 7.94. The van der Waals surface area contributed by atoms with Crippen LogP contribution in [0.15, 0.2) is 59.0 Å². The first-order chi connectivity index (χ1) is 12.2. The molecule has 0 saturated carbocycles. The highest BCUT2D eigenvalue weighted by Crippen LogP contribution is 2.29. The molecule has 126 valence electrons. The quantitative estimate of drug-likeness (QED) is 0.732. The third-order valence-electron chi connectivity index (χ3n) is 4.35. The number of amides is 1. The van der Waals surface area contributed by atoms with Crippen LogP contribution in [-0.4, -0.2) is 27.5 Å².